The average Bonchev–Trinajstić information content (AvgIpc) is 2.23. The predicted molar refractivity (Wildman–Crippen MR) is 76.3 cm³/mol. The first kappa shape index (κ1) is 15.0. The van der Waals surface area contributed by atoms with Crippen molar-refractivity contribution in [3.8, 4) is 0 Å². The number of halogens is 1. The molecule has 1 amide bonds. The van der Waals surface area contributed by atoms with Crippen molar-refractivity contribution in [2.45, 2.75) is 33.3 Å². The topological polar surface area (TPSA) is 42.4 Å². The molecule has 0 spiro atoms. The molecule has 4 nitrogen and oxygen atoms in total. The molecule has 1 aromatic heterocycles. The lowest BCUT2D eigenvalue weighted by Gasteiger charge is -2.26. The molecule has 0 radical (unpaired) electrons. The van der Waals surface area contributed by atoms with Gasteiger partial charge in [-0.1, -0.05) is 15.9 Å². The van der Waals surface area contributed by atoms with Crippen LogP contribution >= 0.6 is 15.9 Å². The van der Waals surface area contributed by atoms with Gasteiger partial charge in [0.25, 0.3) is 0 Å². The SMILES string of the molecule is Cc1ccnc(N(CCBr)C(=O)OC(C)(C)C)c1. The fourth-order valence-electron chi connectivity index (χ4n) is 1.37. The molecule has 5 heteroatoms. The lowest BCUT2D eigenvalue weighted by molar-refractivity contribution is 0.0581. The van der Waals surface area contributed by atoms with E-state index in [1.165, 1.54) is 4.90 Å². The van der Waals surface area contributed by atoms with E-state index in [0.29, 0.717) is 17.7 Å². The quantitative estimate of drug-likeness (QED) is 0.802. The highest BCUT2D eigenvalue weighted by atomic mass is 79.9. The fraction of sp³-hybridized carbons (Fsp3) is 0.538. The fourth-order valence-corrected chi connectivity index (χ4v) is 1.72. The molecule has 0 N–H and O–H groups in total. The number of hydrogen-bond donors (Lipinski definition) is 0. The van der Waals surface area contributed by atoms with E-state index in [1.54, 1.807) is 6.20 Å². The Labute approximate surface area is 116 Å². The number of carbonyl (C=O) groups excluding carboxylic acids is 1. The Kier molecular flexibility index (Phi) is 5.14. The number of rotatable bonds is 3. The van der Waals surface area contributed by atoms with Gasteiger partial charge in [0, 0.05) is 18.1 Å². The number of anilines is 1. The molecule has 1 rings (SSSR count). The van der Waals surface area contributed by atoms with Crippen molar-refractivity contribution in [2.75, 3.05) is 16.8 Å². The van der Waals surface area contributed by atoms with Crippen LogP contribution in [0.3, 0.4) is 0 Å². The van der Waals surface area contributed by atoms with Gasteiger partial charge in [0.1, 0.15) is 11.4 Å². The van der Waals surface area contributed by atoms with Crippen molar-refractivity contribution in [1.82, 2.24) is 4.98 Å². The number of pyridine rings is 1. The van der Waals surface area contributed by atoms with Crippen LogP contribution in [0.2, 0.25) is 0 Å². The Balaban J connectivity index is 2.92. The normalized spacial score (nSPS) is 11.2. The summed E-state index contributed by atoms with van der Waals surface area (Å²) in [5.41, 5.74) is 0.550. The van der Waals surface area contributed by atoms with Gasteiger partial charge >= 0.3 is 6.09 Å². The first-order valence-corrected chi connectivity index (χ1v) is 6.95. The molecule has 0 unspecified atom stereocenters. The van der Waals surface area contributed by atoms with Crippen LogP contribution in [0.5, 0.6) is 0 Å². The second-order valence-corrected chi connectivity index (χ2v) is 5.81. The Morgan fingerprint density at radius 2 is 2.17 bits per heavy atom. The van der Waals surface area contributed by atoms with Gasteiger partial charge in [-0.05, 0) is 45.4 Å². The number of nitrogens with zero attached hydrogens (tertiary/aromatic N) is 2. The smallest absolute Gasteiger partial charge is 0.416 e. The molecule has 0 aliphatic heterocycles. The second kappa shape index (κ2) is 6.18. The van der Waals surface area contributed by atoms with E-state index in [-0.39, 0.29) is 6.09 Å². The number of amides is 1. The van der Waals surface area contributed by atoms with Crippen molar-refractivity contribution in [2.24, 2.45) is 0 Å². The minimum atomic E-state index is -0.508. The molecule has 0 saturated carbocycles. The zero-order valence-electron chi connectivity index (χ0n) is 11.2. The number of ether oxygens (including phenoxy) is 1. The minimum Gasteiger partial charge on any atom is -0.443 e. The van der Waals surface area contributed by atoms with Crippen molar-refractivity contribution >= 4 is 27.8 Å². The van der Waals surface area contributed by atoms with Crippen LogP contribution in [0.1, 0.15) is 26.3 Å². The maximum absolute atomic E-state index is 12.1. The molecular weight excluding hydrogens is 296 g/mol. The minimum absolute atomic E-state index is 0.375. The molecule has 1 heterocycles. The summed E-state index contributed by atoms with van der Waals surface area (Å²) in [7, 11) is 0. The third-order valence-corrected chi connectivity index (χ3v) is 2.45. The average molecular weight is 315 g/mol. The standard InChI is InChI=1S/C13H19BrN2O2/c1-10-5-7-15-11(9-10)16(8-6-14)12(17)18-13(2,3)4/h5,7,9H,6,8H2,1-4H3. The van der Waals surface area contributed by atoms with E-state index in [2.05, 4.69) is 20.9 Å². The molecule has 0 atom stereocenters. The third kappa shape index (κ3) is 4.64. The Bertz CT molecular complexity index is 416. The largest absolute Gasteiger partial charge is 0.443 e. The number of hydrogen-bond acceptors (Lipinski definition) is 3. The van der Waals surface area contributed by atoms with Crippen LogP contribution < -0.4 is 4.90 Å². The van der Waals surface area contributed by atoms with Gasteiger partial charge in [-0.15, -0.1) is 0 Å². The predicted octanol–water partition coefficient (Wildman–Crippen LogP) is 3.53. The van der Waals surface area contributed by atoms with Gasteiger partial charge in [-0.2, -0.15) is 0 Å². The van der Waals surface area contributed by atoms with Gasteiger partial charge in [0.05, 0.1) is 0 Å². The highest BCUT2D eigenvalue weighted by Gasteiger charge is 2.23. The van der Waals surface area contributed by atoms with Gasteiger partial charge in [-0.3, -0.25) is 4.90 Å². The molecule has 0 fully saturated rings. The lowest BCUT2D eigenvalue weighted by atomic mass is 10.2. The number of aromatic nitrogens is 1. The van der Waals surface area contributed by atoms with E-state index >= 15 is 0 Å². The number of aryl methyl sites for hydroxylation is 1. The highest BCUT2D eigenvalue weighted by molar-refractivity contribution is 9.09. The third-order valence-electron chi connectivity index (χ3n) is 2.10. The summed E-state index contributed by atoms with van der Waals surface area (Å²) in [5, 5.41) is 0.669. The Morgan fingerprint density at radius 1 is 1.50 bits per heavy atom. The molecular formula is C13H19BrN2O2. The highest BCUT2D eigenvalue weighted by Crippen LogP contribution is 2.17. The van der Waals surface area contributed by atoms with Crippen molar-refractivity contribution in [3.63, 3.8) is 0 Å². The van der Waals surface area contributed by atoms with Crippen molar-refractivity contribution < 1.29 is 9.53 Å². The number of alkyl halides is 1. The van der Waals surface area contributed by atoms with E-state index < -0.39 is 5.60 Å². The van der Waals surface area contributed by atoms with Gasteiger partial charge in [0.15, 0.2) is 0 Å². The van der Waals surface area contributed by atoms with Crippen molar-refractivity contribution in [3.05, 3.63) is 23.9 Å². The summed E-state index contributed by atoms with van der Waals surface area (Å²) in [6.45, 7) is 8.03. The molecule has 0 bridgehead atoms. The van der Waals surface area contributed by atoms with Gasteiger partial charge in [-0.25, -0.2) is 9.78 Å². The summed E-state index contributed by atoms with van der Waals surface area (Å²) in [4.78, 5) is 17.9. The maximum Gasteiger partial charge on any atom is 0.416 e. The molecule has 0 aliphatic rings. The maximum atomic E-state index is 12.1. The molecule has 0 aromatic carbocycles. The van der Waals surface area contributed by atoms with Crippen molar-refractivity contribution in [1.29, 1.82) is 0 Å². The van der Waals surface area contributed by atoms with E-state index in [9.17, 15) is 4.79 Å². The Morgan fingerprint density at radius 3 is 2.67 bits per heavy atom. The monoisotopic (exact) mass is 314 g/mol. The first-order chi connectivity index (χ1) is 8.33. The number of carbonyl (C=O) groups is 1. The van der Waals surface area contributed by atoms with Gasteiger partial charge < -0.3 is 4.74 Å². The van der Waals surface area contributed by atoms with Crippen LogP contribution in [0.25, 0.3) is 0 Å². The molecule has 18 heavy (non-hydrogen) atoms. The van der Waals surface area contributed by atoms with Crippen LogP contribution in [-0.2, 0) is 4.74 Å². The first-order valence-electron chi connectivity index (χ1n) is 5.82. The van der Waals surface area contributed by atoms with Crippen LogP contribution in [-0.4, -0.2) is 28.6 Å². The van der Waals surface area contributed by atoms with Crippen LogP contribution in [0, 0.1) is 6.92 Å². The lowest BCUT2D eigenvalue weighted by Crippen LogP contribution is -2.38. The zero-order chi connectivity index (χ0) is 13.8. The molecule has 0 saturated heterocycles. The second-order valence-electron chi connectivity index (χ2n) is 5.01. The molecule has 100 valence electrons. The van der Waals surface area contributed by atoms with Crippen LogP contribution in [0.15, 0.2) is 18.3 Å². The molecule has 0 aliphatic carbocycles. The zero-order valence-corrected chi connectivity index (χ0v) is 12.8. The van der Waals surface area contributed by atoms with Gasteiger partial charge in [0.2, 0.25) is 0 Å². The summed E-state index contributed by atoms with van der Waals surface area (Å²) >= 11 is 3.34. The van der Waals surface area contributed by atoms with E-state index in [0.717, 1.165) is 5.56 Å². The summed E-state index contributed by atoms with van der Waals surface area (Å²) in [5.74, 6) is 0.615. The van der Waals surface area contributed by atoms with Crippen LogP contribution in [0.4, 0.5) is 10.6 Å². The summed E-state index contributed by atoms with van der Waals surface area (Å²) in [6.07, 6.45) is 1.32. The van der Waals surface area contributed by atoms with E-state index in [1.807, 2.05) is 39.8 Å². The Hall–Kier alpha value is -1.10. The molecule has 1 aromatic rings. The summed E-state index contributed by atoms with van der Waals surface area (Å²) < 4.78 is 5.37. The summed E-state index contributed by atoms with van der Waals surface area (Å²) in [6, 6.07) is 3.76. The van der Waals surface area contributed by atoms with E-state index in [4.69, 9.17) is 4.74 Å².